The molecule has 0 aliphatic heterocycles. The van der Waals surface area contributed by atoms with Gasteiger partial charge in [0, 0.05) is 26.1 Å². The number of anilines is 1. The summed E-state index contributed by atoms with van der Waals surface area (Å²) in [6, 6.07) is 4.53. The van der Waals surface area contributed by atoms with Gasteiger partial charge in [0.1, 0.15) is 5.75 Å². The van der Waals surface area contributed by atoms with Crippen molar-refractivity contribution in [3.63, 3.8) is 0 Å². The molecule has 1 aliphatic rings. The van der Waals surface area contributed by atoms with Gasteiger partial charge in [-0.1, -0.05) is 0 Å². The molecule has 1 aromatic carbocycles. The Labute approximate surface area is 155 Å². The van der Waals surface area contributed by atoms with Crippen LogP contribution in [0.5, 0.6) is 5.75 Å². The number of nitrogens with one attached hydrogen (secondary N) is 1. The minimum atomic E-state index is -3.59. The zero-order chi connectivity index (χ0) is 17.9. The first-order valence-corrected chi connectivity index (χ1v) is 9.45. The molecule has 1 amide bonds. The lowest BCUT2D eigenvalue weighted by atomic mass is 10.1. The van der Waals surface area contributed by atoms with E-state index in [4.69, 9.17) is 10.5 Å². The molecule has 2 rings (SSSR count). The van der Waals surface area contributed by atoms with E-state index in [0.29, 0.717) is 24.5 Å². The molecular formula is C16H26ClN3O4S. The molecule has 0 spiro atoms. The number of sulfonamides is 1. The van der Waals surface area contributed by atoms with Gasteiger partial charge >= 0.3 is 0 Å². The SMILES string of the molecule is CCOc1ccc(S(=O)(=O)N(C)C)cc1NC(=O)C1CCC(N)C1.Cl. The van der Waals surface area contributed by atoms with E-state index >= 15 is 0 Å². The van der Waals surface area contributed by atoms with Crippen LogP contribution in [0.15, 0.2) is 23.1 Å². The summed E-state index contributed by atoms with van der Waals surface area (Å²) in [5.41, 5.74) is 6.22. The molecule has 9 heteroatoms. The van der Waals surface area contributed by atoms with Gasteiger partial charge in [-0.25, -0.2) is 12.7 Å². The fourth-order valence-electron chi connectivity index (χ4n) is 2.75. The van der Waals surface area contributed by atoms with Gasteiger partial charge in [0.25, 0.3) is 0 Å². The number of benzene rings is 1. The summed E-state index contributed by atoms with van der Waals surface area (Å²) in [5.74, 6) is 0.151. The quantitative estimate of drug-likeness (QED) is 0.770. The number of rotatable bonds is 6. The number of carbonyl (C=O) groups excluding carboxylic acids is 1. The van der Waals surface area contributed by atoms with Crippen LogP contribution in [0.1, 0.15) is 26.2 Å². The third-order valence-corrected chi connectivity index (χ3v) is 5.94. The van der Waals surface area contributed by atoms with E-state index in [1.54, 1.807) is 6.07 Å². The van der Waals surface area contributed by atoms with Crippen molar-refractivity contribution < 1.29 is 17.9 Å². The molecule has 3 N–H and O–H groups in total. The second-order valence-electron chi connectivity index (χ2n) is 6.14. The maximum absolute atomic E-state index is 12.4. The van der Waals surface area contributed by atoms with E-state index in [2.05, 4.69) is 5.32 Å². The van der Waals surface area contributed by atoms with Crippen molar-refractivity contribution in [2.45, 2.75) is 37.1 Å². The second-order valence-corrected chi connectivity index (χ2v) is 8.29. The number of hydrogen-bond donors (Lipinski definition) is 2. The van der Waals surface area contributed by atoms with Crippen LogP contribution in [-0.2, 0) is 14.8 Å². The maximum atomic E-state index is 12.4. The highest BCUT2D eigenvalue weighted by molar-refractivity contribution is 7.89. The summed E-state index contributed by atoms with van der Waals surface area (Å²) in [6.07, 6.45) is 2.21. The molecule has 7 nitrogen and oxygen atoms in total. The standard InChI is InChI=1S/C16H25N3O4S.ClH/c1-4-23-15-8-7-13(24(21,22)19(2)3)10-14(15)18-16(20)11-5-6-12(17)9-11;/h7-8,10-12H,4-6,9,17H2,1-3H3,(H,18,20);1H. The first kappa shape index (κ1) is 21.7. The average molecular weight is 392 g/mol. The Morgan fingerprint density at radius 2 is 2.04 bits per heavy atom. The second kappa shape index (κ2) is 8.84. The monoisotopic (exact) mass is 391 g/mol. The van der Waals surface area contributed by atoms with Gasteiger partial charge in [0.05, 0.1) is 17.2 Å². The molecule has 0 aromatic heterocycles. The molecule has 0 bridgehead atoms. The van der Waals surface area contributed by atoms with Crippen molar-refractivity contribution in [2.75, 3.05) is 26.0 Å². The van der Waals surface area contributed by atoms with Crippen molar-refractivity contribution >= 4 is 34.0 Å². The van der Waals surface area contributed by atoms with Gasteiger partial charge in [-0.2, -0.15) is 0 Å². The van der Waals surface area contributed by atoms with Crippen molar-refractivity contribution in [2.24, 2.45) is 11.7 Å². The predicted molar refractivity (Wildman–Crippen MR) is 99.7 cm³/mol. The van der Waals surface area contributed by atoms with E-state index < -0.39 is 10.0 Å². The van der Waals surface area contributed by atoms with E-state index in [1.807, 2.05) is 6.92 Å². The normalized spacial score (nSPS) is 20.2. The van der Waals surface area contributed by atoms with Crippen molar-refractivity contribution in [3.8, 4) is 5.75 Å². The summed E-state index contributed by atoms with van der Waals surface area (Å²) in [5, 5.41) is 2.81. The summed E-state index contributed by atoms with van der Waals surface area (Å²) < 4.78 is 31.2. The van der Waals surface area contributed by atoms with Gasteiger partial charge in [0.15, 0.2) is 0 Å². The van der Waals surface area contributed by atoms with Crippen LogP contribution < -0.4 is 15.8 Å². The molecule has 1 fully saturated rings. The lowest BCUT2D eigenvalue weighted by Crippen LogP contribution is -2.24. The average Bonchev–Trinajstić information content (AvgIpc) is 2.95. The number of ether oxygens (including phenoxy) is 1. The molecule has 0 saturated heterocycles. The number of amides is 1. The first-order valence-electron chi connectivity index (χ1n) is 8.01. The highest BCUT2D eigenvalue weighted by Crippen LogP contribution is 2.31. The van der Waals surface area contributed by atoms with Crippen molar-refractivity contribution in [1.29, 1.82) is 0 Å². The molecular weight excluding hydrogens is 366 g/mol. The molecule has 2 unspecified atom stereocenters. The Kier molecular flexibility index (Phi) is 7.67. The number of halogens is 1. The summed E-state index contributed by atoms with van der Waals surface area (Å²) >= 11 is 0. The fourth-order valence-corrected chi connectivity index (χ4v) is 3.68. The van der Waals surface area contributed by atoms with Crippen LogP contribution in [-0.4, -0.2) is 45.4 Å². The van der Waals surface area contributed by atoms with Crippen molar-refractivity contribution in [3.05, 3.63) is 18.2 Å². The van der Waals surface area contributed by atoms with E-state index in [-0.39, 0.29) is 35.2 Å². The Bertz CT molecular complexity index is 709. The molecule has 25 heavy (non-hydrogen) atoms. The molecule has 0 radical (unpaired) electrons. The zero-order valence-electron chi connectivity index (χ0n) is 14.7. The number of hydrogen-bond acceptors (Lipinski definition) is 5. The van der Waals surface area contributed by atoms with Crippen LogP contribution in [0.4, 0.5) is 5.69 Å². The highest BCUT2D eigenvalue weighted by Gasteiger charge is 2.28. The summed E-state index contributed by atoms with van der Waals surface area (Å²) in [7, 11) is -0.664. The largest absolute Gasteiger partial charge is 0.492 e. The van der Waals surface area contributed by atoms with Gasteiger partial charge in [-0.15, -0.1) is 12.4 Å². The minimum absolute atomic E-state index is 0. The molecule has 142 valence electrons. The number of carbonyl (C=O) groups is 1. The highest BCUT2D eigenvalue weighted by atomic mass is 35.5. The van der Waals surface area contributed by atoms with Gasteiger partial charge in [0.2, 0.25) is 15.9 Å². The third-order valence-electron chi connectivity index (χ3n) is 4.13. The van der Waals surface area contributed by atoms with E-state index in [1.165, 1.54) is 26.2 Å². The molecule has 0 heterocycles. The molecule has 1 saturated carbocycles. The number of nitrogens with zero attached hydrogens (tertiary/aromatic N) is 1. The van der Waals surface area contributed by atoms with Crippen LogP contribution in [0.25, 0.3) is 0 Å². The van der Waals surface area contributed by atoms with Crippen LogP contribution in [0.3, 0.4) is 0 Å². The Hall–Kier alpha value is -1.35. The smallest absolute Gasteiger partial charge is 0.242 e. The third kappa shape index (κ3) is 5.07. The lowest BCUT2D eigenvalue weighted by Gasteiger charge is -2.17. The topological polar surface area (TPSA) is 102 Å². The molecule has 1 aromatic rings. The van der Waals surface area contributed by atoms with Crippen LogP contribution in [0.2, 0.25) is 0 Å². The van der Waals surface area contributed by atoms with Crippen LogP contribution >= 0.6 is 12.4 Å². The first-order chi connectivity index (χ1) is 11.3. The van der Waals surface area contributed by atoms with Crippen molar-refractivity contribution in [1.82, 2.24) is 4.31 Å². The Morgan fingerprint density at radius 3 is 2.56 bits per heavy atom. The molecule has 1 aliphatic carbocycles. The fraction of sp³-hybridized carbons (Fsp3) is 0.562. The van der Waals surface area contributed by atoms with Gasteiger partial charge < -0.3 is 15.8 Å². The van der Waals surface area contributed by atoms with Gasteiger partial charge in [-0.05, 0) is 44.4 Å². The molecule has 2 atom stereocenters. The predicted octanol–water partition coefficient (Wildman–Crippen LogP) is 1.82. The van der Waals surface area contributed by atoms with Gasteiger partial charge in [-0.3, -0.25) is 4.79 Å². The minimum Gasteiger partial charge on any atom is -0.492 e. The summed E-state index contributed by atoms with van der Waals surface area (Å²) in [4.78, 5) is 12.5. The Morgan fingerprint density at radius 1 is 1.36 bits per heavy atom. The van der Waals surface area contributed by atoms with E-state index in [0.717, 1.165) is 17.1 Å². The van der Waals surface area contributed by atoms with E-state index in [9.17, 15) is 13.2 Å². The van der Waals surface area contributed by atoms with Crippen LogP contribution in [0, 0.1) is 5.92 Å². The number of nitrogens with two attached hydrogens (primary N) is 1. The lowest BCUT2D eigenvalue weighted by molar-refractivity contribution is -0.119. The summed E-state index contributed by atoms with van der Waals surface area (Å²) in [6.45, 7) is 2.24. The maximum Gasteiger partial charge on any atom is 0.242 e. The Balaban J connectivity index is 0.00000312. The zero-order valence-corrected chi connectivity index (χ0v) is 16.3.